The zero-order valence-corrected chi connectivity index (χ0v) is 8.84. The van der Waals surface area contributed by atoms with E-state index in [1.54, 1.807) is 0 Å². The summed E-state index contributed by atoms with van der Waals surface area (Å²) in [7, 11) is 0. The maximum Gasteiger partial charge on any atom is 0.0228 e. The van der Waals surface area contributed by atoms with E-state index in [1.807, 2.05) is 6.08 Å². The largest absolute Gasteiger partial charge is 0.120 e. The highest BCUT2D eigenvalue weighted by Crippen LogP contribution is 2.53. The van der Waals surface area contributed by atoms with E-state index in [9.17, 15) is 0 Å². The molecule has 0 N–H and O–H groups in total. The lowest BCUT2D eigenvalue weighted by atomic mass is 9.55. The van der Waals surface area contributed by atoms with E-state index in [4.69, 9.17) is 6.42 Å². The molecule has 1 atom stereocenters. The van der Waals surface area contributed by atoms with Gasteiger partial charge in [-0.05, 0) is 37.0 Å². The SMILES string of the molecule is C#CC(C)C1(CCC=C)CC(C)C1. The molecule has 72 valence electrons. The minimum Gasteiger partial charge on any atom is -0.120 e. The van der Waals surface area contributed by atoms with Crippen LogP contribution in [0.4, 0.5) is 0 Å². The molecule has 1 saturated carbocycles. The van der Waals surface area contributed by atoms with Crippen LogP contribution in [0, 0.1) is 29.6 Å². The van der Waals surface area contributed by atoms with E-state index < -0.39 is 0 Å². The van der Waals surface area contributed by atoms with Crippen molar-refractivity contribution in [1.82, 2.24) is 0 Å². The predicted molar refractivity (Wildman–Crippen MR) is 58.3 cm³/mol. The van der Waals surface area contributed by atoms with Crippen LogP contribution in [-0.4, -0.2) is 0 Å². The van der Waals surface area contributed by atoms with Crippen molar-refractivity contribution in [3.63, 3.8) is 0 Å². The van der Waals surface area contributed by atoms with Crippen molar-refractivity contribution in [2.45, 2.75) is 39.5 Å². The second-order valence-corrected chi connectivity index (χ2v) is 4.59. The Hall–Kier alpha value is -0.700. The van der Waals surface area contributed by atoms with Gasteiger partial charge in [0.2, 0.25) is 0 Å². The van der Waals surface area contributed by atoms with Gasteiger partial charge in [0.25, 0.3) is 0 Å². The summed E-state index contributed by atoms with van der Waals surface area (Å²) in [4.78, 5) is 0. The van der Waals surface area contributed by atoms with Gasteiger partial charge in [0.05, 0.1) is 0 Å². The summed E-state index contributed by atoms with van der Waals surface area (Å²) in [5.41, 5.74) is 0.447. The summed E-state index contributed by atoms with van der Waals surface area (Å²) in [6.45, 7) is 8.28. The van der Waals surface area contributed by atoms with Crippen LogP contribution in [0.5, 0.6) is 0 Å². The topological polar surface area (TPSA) is 0 Å². The van der Waals surface area contributed by atoms with E-state index in [2.05, 4.69) is 26.3 Å². The van der Waals surface area contributed by atoms with Crippen molar-refractivity contribution < 1.29 is 0 Å². The fraction of sp³-hybridized carbons (Fsp3) is 0.692. The lowest BCUT2D eigenvalue weighted by Crippen LogP contribution is -2.40. The van der Waals surface area contributed by atoms with Crippen molar-refractivity contribution >= 4 is 0 Å². The number of hydrogen-bond donors (Lipinski definition) is 0. The van der Waals surface area contributed by atoms with Gasteiger partial charge in [0.15, 0.2) is 0 Å². The maximum atomic E-state index is 5.51. The predicted octanol–water partition coefficient (Wildman–Crippen LogP) is 3.64. The quantitative estimate of drug-likeness (QED) is 0.453. The Labute approximate surface area is 82.4 Å². The zero-order chi connectivity index (χ0) is 9.90. The Morgan fingerprint density at radius 1 is 1.69 bits per heavy atom. The zero-order valence-electron chi connectivity index (χ0n) is 8.84. The van der Waals surface area contributed by atoms with Crippen LogP contribution in [0.3, 0.4) is 0 Å². The molecule has 0 aromatic carbocycles. The van der Waals surface area contributed by atoms with Crippen LogP contribution in [0.15, 0.2) is 12.7 Å². The number of allylic oxidation sites excluding steroid dienone is 1. The second kappa shape index (κ2) is 4.01. The normalized spacial score (nSPS) is 34.4. The molecule has 1 aliphatic rings. The van der Waals surface area contributed by atoms with Gasteiger partial charge >= 0.3 is 0 Å². The molecule has 0 heteroatoms. The summed E-state index contributed by atoms with van der Waals surface area (Å²) in [6.07, 6.45) is 12.5. The van der Waals surface area contributed by atoms with Gasteiger partial charge in [-0.25, -0.2) is 0 Å². The number of rotatable bonds is 4. The Bertz CT molecular complexity index is 213. The highest BCUT2D eigenvalue weighted by atomic mass is 14.5. The van der Waals surface area contributed by atoms with Crippen LogP contribution in [0.25, 0.3) is 0 Å². The lowest BCUT2D eigenvalue weighted by molar-refractivity contribution is 0.0223. The summed E-state index contributed by atoms with van der Waals surface area (Å²) < 4.78 is 0. The van der Waals surface area contributed by atoms with Crippen LogP contribution in [-0.2, 0) is 0 Å². The first kappa shape index (κ1) is 10.4. The number of terminal acetylenes is 1. The Balaban J connectivity index is 2.56. The number of hydrogen-bond acceptors (Lipinski definition) is 0. The molecule has 1 aliphatic carbocycles. The average Bonchev–Trinajstić information content (AvgIpc) is 2.09. The minimum atomic E-state index is 0.434. The Morgan fingerprint density at radius 2 is 2.31 bits per heavy atom. The van der Waals surface area contributed by atoms with E-state index in [1.165, 1.54) is 19.3 Å². The molecule has 0 nitrogen and oxygen atoms in total. The summed E-state index contributed by atoms with van der Waals surface area (Å²) in [5.74, 6) is 4.21. The van der Waals surface area contributed by atoms with Gasteiger partial charge in [0, 0.05) is 5.92 Å². The first-order valence-electron chi connectivity index (χ1n) is 5.21. The molecular formula is C13H20. The molecule has 0 spiro atoms. The van der Waals surface area contributed by atoms with Crippen molar-refractivity contribution in [3.8, 4) is 12.3 Å². The maximum absolute atomic E-state index is 5.51. The van der Waals surface area contributed by atoms with Crippen LogP contribution in [0.1, 0.15) is 39.5 Å². The van der Waals surface area contributed by atoms with Crippen LogP contribution in [0.2, 0.25) is 0 Å². The second-order valence-electron chi connectivity index (χ2n) is 4.59. The molecule has 0 heterocycles. The van der Waals surface area contributed by atoms with Gasteiger partial charge in [0.1, 0.15) is 0 Å². The molecule has 0 aliphatic heterocycles. The summed E-state index contributed by atoms with van der Waals surface area (Å²) in [6, 6.07) is 0. The molecule has 0 radical (unpaired) electrons. The fourth-order valence-corrected chi connectivity index (χ4v) is 2.67. The van der Waals surface area contributed by atoms with Crippen LogP contribution < -0.4 is 0 Å². The third kappa shape index (κ3) is 1.97. The van der Waals surface area contributed by atoms with Gasteiger partial charge < -0.3 is 0 Å². The highest BCUT2D eigenvalue weighted by molar-refractivity contribution is 5.06. The van der Waals surface area contributed by atoms with Crippen molar-refractivity contribution in [3.05, 3.63) is 12.7 Å². The van der Waals surface area contributed by atoms with Gasteiger partial charge in [-0.15, -0.1) is 18.9 Å². The first-order chi connectivity index (χ1) is 6.14. The van der Waals surface area contributed by atoms with E-state index in [0.29, 0.717) is 11.3 Å². The monoisotopic (exact) mass is 176 g/mol. The van der Waals surface area contributed by atoms with E-state index in [-0.39, 0.29) is 0 Å². The van der Waals surface area contributed by atoms with E-state index in [0.717, 1.165) is 12.3 Å². The molecule has 0 saturated heterocycles. The third-order valence-corrected chi connectivity index (χ3v) is 3.52. The van der Waals surface area contributed by atoms with Crippen molar-refractivity contribution in [2.75, 3.05) is 0 Å². The smallest absolute Gasteiger partial charge is 0.0228 e. The molecule has 0 amide bonds. The fourth-order valence-electron chi connectivity index (χ4n) is 2.67. The van der Waals surface area contributed by atoms with Gasteiger partial charge in [-0.3, -0.25) is 0 Å². The van der Waals surface area contributed by atoms with E-state index >= 15 is 0 Å². The molecule has 1 fully saturated rings. The summed E-state index contributed by atoms with van der Waals surface area (Å²) in [5, 5.41) is 0. The Morgan fingerprint density at radius 3 is 2.69 bits per heavy atom. The van der Waals surface area contributed by atoms with Crippen molar-refractivity contribution in [1.29, 1.82) is 0 Å². The average molecular weight is 176 g/mol. The molecule has 0 bridgehead atoms. The molecular weight excluding hydrogens is 156 g/mol. The highest BCUT2D eigenvalue weighted by Gasteiger charge is 2.44. The first-order valence-corrected chi connectivity index (χ1v) is 5.21. The van der Waals surface area contributed by atoms with Crippen molar-refractivity contribution in [2.24, 2.45) is 17.3 Å². The third-order valence-electron chi connectivity index (χ3n) is 3.52. The minimum absolute atomic E-state index is 0.434. The van der Waals surface area contributed by atoms with Crippen LogP contribution >= 0.6 is 0 Å². The summed E-state index contributed by atoms with van der Waals surface area (Å²) >= 11 is 0. The van der Waals surface area contributed by atoms with Gasteiger partial charge in [-0.2, -0.15) is 0 Å². The lowest BCUT2D eigenvalue weighted by Gasteiger charge is -2.49. The Kier molecular flexibility index (Phi) is 3.20. The molecule has 0 aromatic rings. The standard InChI is InChI=1S/C13H20/c1-5-7-8-13(12(4)6-2)9-11(3)10-13/h2,5,11-12H,1,7-10H2,3-4H3. The van der Waals surface area contributed by atoms with Gasteiger partial charge in [-0.1, -0.05) is 19.9 Å². The molecule has 1 rings (SSSR count). The molecule has 13 heavy (non-hydrogen) atoms. The molecule has 1 unspecified atom stereocenters. The molecule has 0 aromatic heterocycles.